The van der Waals surface area contributed by atoms with Gasteiger partial charge in [-0.05, 0) is 65.1 Å². The van der Waals surface area contributed by atoms with Crippen LogP contribution in [0, 0.1) is 9.39 Å². The van der Waals surface area contributed by atoms with Crippen LogP contribution in [0.15, 0.2) is 48.5 Å². The molecule has 2 nitrogen and oxygen atoms in total. The lowest BCUT2D eigenvalue weighted by Gasteiger charge is -2.06. The van der Waals surface area contributed by atoms with Gasteiger partial charge in [0.15, 0.2) is 5.78 Å². The van der Waals surface area contributed by atoms with Crippen molar-refractivity contribution < 1.29 is 9.18 Å². The molecule has 0 spiro atoms. The Kier molecular flexibility index (Phi) is 4.30. The van der Waals surface area contributed by atoms with Crippen LogP contribution in [-0.4, -0.2) is 12.3 Å². The molecule has 2 aromatic carbocycles. The van der Waals surface area contributed by atoms with Gasteiger partial charge in [0, 0.05) is 14.8 Å². The van der Waals surface area contributed by atoms with Gasteiger partial charge in [-0.2, -0.15) is 0 Å². The molecule has 0 aliphatic heterocycles. The zero-order chi connectivity index (χ0) is 13.0. The van der Waals surface area contributed by atoms with Crippen LogP contribution in [0.2, 0.25) is 0 Å². The van der Waals surface area contributed by atoms with Crippen molar-refractivity contribution in [2.75, 3.05) is 11.9 Å². The van der Waals surface area contributed by atoms with E-state index in [-0.39, 0.29) is 18.1 Å². The summed E-state index contributed by atoms with van der Waals surface area (Å²) in [6.45, 7) is 0.200. The first kappa shape index (κ1) is 13.0. The topological polar surface area (TPSA) is 29.1 Å². The minimum absolute atomic E-state index is 0.0612. The van der Waals surface area contributed by atoms with Crippen LogP contribution >= 0.6 is 22.6 Å². The Balaban J connectivity index is 1.98. The number of benzene rings is 2. The van der Waals surface area contributed by atoms with Gasteiger partial charge in [-0.15, -0.1) is 0 Å². The number of hydrogen-bond donors (Lipinski definition) is 1. The van der Waals surface area contributed by atoms with Crippen LogP contribution in [-0.2, 0) is 0 Å². The van der Waals surface area contributed by atoms with E-state index in [9.17, 15) is 9.18 Å². The number of Topliss-reactive ketones (excluding diaryl/α,β-unsaturated/α-hetero) is 1. The Morgan fingerprint density at radius 3 is 2.56 bits per heavy atom. The molecule has 0 radical (unpaired) electrons. The number of anilines is 1. The molecule has 0 saturated carbocycles. The quantitative estimate of drug-likeness (QED) is 0.669. The number of rotatable bonds is 4. The zero-order valence-electron chi connectivity index (χ0n) is 9.49. The molecule has 0 unspecified atom stereocenters. The van der Waals surface area contributed by atoms with Crippen molar-refractivity contribution in [3.05, 3.63) is 63.5 Å². The molecule has 1 N–H and O–H groups in total. The fraction of sp³-hybridized carbons (Fsp3) is 0.0714. The molecule has 4 heteroatoms. The van der Waals surface area contributed by atoms with E-state index in [0.717, 1.165) is 9.26 Å². The van der Waals surface area contributed by atoms with Crippen molar-refractivity contribution >= 4 is 34.1 Å². The molecule has 0 aliphatic rings. The number of carbonyl (C=O) groups is 1. The predicted molar refractivity (Wildman–Crippen MR) is 78.4 cm³/mol. The molecule has 0 aromatic heterocycles. The largest absolute Gasteiger partial charge is 0.378 e. The summed E-state index contributed by atoms with van der Waals surface area (Å²) in [5.41, 5.74) is 1.41. The molecule has 0 saturated heterocycles. The number of halogens is 2. The van der Waals surface area contributed by atoms with E-state index in [1.165, 1.54) is 24.3 Å². The number of carbonyl (C=O) groups excluding carboxylic acids is 1. The Labute approximate surface area is 118 Å². The molecule has 18 heavy (non-hydrogen) atoms. The molecule has 92 valence electrons. The maximum absolute atomic E-state index is 12.7. The maximum atomic E-state index is 12.7. The molecule has 0 amide bonds. The van der Waals surface area contributed by atoms with Crippen molar-refractivity contribution in [1.82, 2.24) is 0 Å². The highest BCUT2D eigenvalue weighted by molar-refractivity contribution is 14.1. The summed E-state index contributed by atoms with van der Waals surface area (Å²) in [6.07, 6.45) is 0. The Morgan fingerprint density at radius 2 is 1.89 bits per heavy atom. The fourth-order valence-corrected chi connectivity index (χ4v) is 2.06. The van der Waals surface area contributed by atoms with Crippen molar-refractivity contribution in [2.45, 2.75) is 0 Å². The highest BCUT2D eigenvalue weighted by Gasteiger charge is 2.05. The van der Waals surface area contributed by atoms with E-state index in [0.29, 0.717) is 5.56 Å². The summed E-state index contributed by atoms with van der Waals surface area (Å²) >= 11 is 2.21. The van der Waals surface area contributed by atoms with Gasteiger partial charge in [0.05, 0.1) is 6.54 Å². The first-order valence-electron chi connectivity index (χ1n) is 5.43. The average Bonchev–Trinajstić information content (AvgIpc) is 2.37. The monoisotopic (exact) mass is 355 g/mol. The summed E-state index contributed by atoms with van der Waals surface area (Å²) in [7, 11) is 0. The fourth-order valence-electron chi connectivity index (χ4n) is 1.52. The first-order chi connectivity index (χ1) is 8.65. The number of ketones is 1. The first-order valence-corrected chi connectivity index (χ1v) is 6.51. The highest BCUT2D eigenvalue weighted by Crippen LogP contribution is 2.12. The van der Waals surface area contributed by atoms with Gasteiger partial charge in [0.1, 0.15) is 5.82 Å². The van der Waals surface area contributed by atoms with Crippen LogP contribution in [0.1, 0.15) is 10.4 Å². The Bertz CT molecular complexity index is 554. The summed E-state index contributed by atoms with van der Waals surface area (Å²) in [5, 5.41) is 3.05. The van der Waals surface area contributed by atoms with Gasteiger partial charge in [-0.25, -0.2) is 4.39 Å². The lowest BCUT2D eigenvalue weighted by atomic mass is 10.1. The summed E-state index contributed by atoms with van der Waals surface area (Å²) in [4.78, 5) is 11.8. The lowest BCUT2D eigenvalue weighted by molar-refractivity contribution is 0.101. The zero-order valence-corrected chi connectivity index (χ0v) is 11.6. The summed E-state index contributed by atoms with van der Waals surface area (Å²) < 4.78 is 13.8. The number of hydrogen-bond acceptors (Lipinski definition) is 2. The summed E-state index contributed by atoms with van der Waals surface area (Å²) in [6, 6.07) is 13.3. The lowest BCUT2D eigenvalue weighted by Crippen LogP contribution is -2.13. The van der Waals surface area contributed by atoms with E-state index in [1.54, 1.807) is 0 Å². The van der Waals surface area contributed by atoms with Crippen molar-refractivity contribution in [2.24, 2.45) is 0 Å². The van der Waals surface area contributed by atoms with Gasteiger partial charge in [-0.1, -0.05) is 6.07 Å². The molecule has 0 bridgehead atoms. The minimum atomic E-state index is -0.336. The number of nitrogens with one attached hydrogen (secondary N) is 1. The van der Waals surface area contributed by atoms with Crippen LogP contribution in [0.3, 0.4) is 0 Å². The van der Waals surface area contributed by atoms with Crippen LogP contribution < -0.4 is 5.32 Å². The van der Waals surface area contributed by atoms with E-state index in [4.69, 9.17) is 0 Å². The van der Waals surface area contributed by atoms with Crippen LogP contribution in [0.25, 0.3) is 0 Å². The van der Waals surface area contributed by atoms with Gasteiger partial charge >= 0.3 is 0 Å². The SMILES string of the molecule is O=C(CNc1cccc(I)c1)c1ccc(F)cc1. The van der Waals surface area contributed by atoms with Crippen LogP contribution in [0.4, 0.5) is 10.1 Å². The third-order valence-electron chi connectivity index (χ3n) is 2.44. The Morgan fingerprint density at radius 1 is 1.17 bits per heavy atom. The molecule has 2 rings (SSSR count). The molecule has 0 heterocycles. The maximum Gasteiger partial charge on any atom is 0.181 e. The molecule has 2 aromatic rings. The third kappa shape index (κ3) is 3.53. The highest BCUT2D eigenvalue weighted by atomic mass is 127. The smallest absolute Gasteiger partial charge is 0.181 e. The van der Waals surface area contributed by atoms with Gasteiger partial charge in [0.25, 0.3) is 0 Å². The average molecular weight is 355 g/mol. The minimum Gasteiger partial charge on any atom is -0.378 e. The molecule has 0 aliphatic carbocycles. The van der Waals surface area contributed by atoms with E-state index >= 15 is 0 Å². The second kappa shape index (κ2) is 5.95. The molecule has 0 fully saturated rings. The second-order valence-corrected chi connectivity index (χ2v) is 5.04. The van der Waals surface area contributed by atoms with E-state index in [2.05, 4.69) is 27.9 Å². The normalized spacial score (nSPS) is 10.1. The third-order valence-corrected chi connectivity index (χ3v) is 3.11. The van der Waals surface area contributed by atoms with Gasteiger partial charge < -0.3 is 5.32 Å². The summed E-state index contributed by atoms with van der Waals surface area (Å²) in [5.74, 6) is -0.397. The van der Waals surface area contributed by atoms with Crippen molar-refractivity contribution in [1.29, 1.82) is 0 Å². The second-order valence-electron chi connectivity index (χ2n) is 3.79. The van der Waals surface area contributed by atoms with Gasteiger partial charge in [-0.3, -0.25) is 4.79 Å². The molecule has 0 atom stereocenters. The van der Waals surface area contributed by atoms with Crippen LogP contribution in [0.5, 0.6) is 0 Å². The van der Waals surface area contributed by atoms with E-state index < -0.39 is 0 Å². The van der Waals surface area contributed by atoms with Crippen molar-refractivity contribution in [3.63, 3.8) is 0 Å². The van der Waals surface area contributed by atoms with E-state index in [1.807, 2.05) is 24.3 Å². The van der Waals surface area contributed by atoms with Crippen molar-refractivity contribution in [3.8, 4) is 0 Å². The standard InChI is InChI=1S/C14H11FINO/c15-11-6-4-10(5-7-11)14(18)9-17-13-3-1-2-12(16)8-13/h1-8,17H,9H2. The molecular weight excluding hydrogens is 344 g/mol. The Hall–Kier alpha value is -1.43. The molecular formula is C14H11FINO. The predicted octanol–water partition coefficient (Wildman–Crippen LogP) is 3.73. The van der Waals surface area contributed by atoms with Gasteiger partial charge in [0.2, 0.25) is 0 Å².